The molecule has 1 aromatic carbocycles. The fourth-order valence-electron chi connectivity index (χ4n) is 5.24. The number of benzene rings is 1. The van der Waals surface area contributed by atoms with Crippen molar-refractivity contribution in [2.75, 3.05) is 0 Å². The second-order valence-electron chi connectivity index (χ2n) is 9.53. The van der Waals surface area contributed by atoms with E-state index in [0.29, 0.717) is 41.7 Å². The molecule has 0 unspecified atom stereocenters. The summed E-state index contributed by atoms with van der Waals surface area (Å²) in [6.45, 7) is 11.1. The molecule has 162 valence electrons. The third-order valence-electron chi connectivity index (χ3n) is 7.19. The zero-order valence-corrected chi connectivity index (χ0v) is 19.0. The number of hydrogen-bond acceptors (Lipinski definition) is 2. The van der Waals surface area contributed by atoms with Crippen molar-refractivity contribution in [2.45, 2.75) is 53.7 Å². The largest absolute Gasteiger partial charge is 0.393 e. The molecule has 2 aliphatic rings. The standard InChI is InChI=1S/C27H37NO2/c1-17-9-12-22(13-10-17)16-28-27(30)19(3)7-6-8-24-18(2)11-14-23-15-20(4)26(29)21(5)25(23)24/h6-14,18,20-21,23-26,29H,15-16H2,1-5H3,(H,28,30)/t18-,20+,21-,23-,24-,25-,26-/m0/s1. The molecule has 3 heteroatoms. The van der Waals surface area contributed by atoms with Crippen LogP contribution < -0.4 is 5.32 Å². The molecule has 1 amide bonds. The average molecular weight is 408 g/mol. The van der Waals surface area contributed by atoms with Crippen molar-refractivity contribution in [1.82, 2.24) is 5.32 Å². The Balaban J connectivity index is 1.63. The third kappa shape index (κ3) is 5.13. The normalized spacial score (nSPS) is 34.1. The molecule has 0 saturated heterocycles. The maximum atomic E-state index is 12.4. The summed E-state index contributed by atoms with van der Waals surface area (Å²) in [5.41, 5.74) is 3.03. The molecule has 30 heavy (non-hydrogen) atoms. The Hall–Kier alpha value is -2.13. The SMILES string of the molecule is CC(=CC=C[C@@H]1[C@H]2[C@H](C)[C@@H](O)[C@H](C)C[C@@H]2C=C[C@@H]1C)C(=O)NCc1ccc(C)cc1. The van der Waals surface area contributed by atoms with Crippen LogP contribution in [0.5, 0.6) is 0 Å². The second kappa shape index (κ2) is 9.78. The third-order valence-corrected chi connectivity index (χ3v) is 7.19. The number of allylic oxidation sites excluding steroid dienone is 5. The van der Waals surface area contributed by atoms with Crippen molar-refractivity contribution in [3.8, 4) is 0 Å². The number of rotatable bonds is 5. The van der Waals surface area contributed by atoms with Gasteiger partial charge in [0.1, 0.15) is 0 Å². The summed E-state index contributed by atoms with van der Waals surface area (Å²) < 4.78 is 0. The van der Waals surface area contributed by atoms with Gasteiger partial charge in [0.25, 0.3) is 0 Å². The molecule has 0 aliphatic heterocycles. The molecule has 2 N–H and O–H groups in total. The van der Waals surface area contributed by atoms with Gasteiger partial charge in [-0.3, -0.25) is 4.79 Å². The van der Waals surface area contributed by atoms with Crippen LogP contribution in [0.4, 0.5) is 0 Å². The molecule has 2 aliphatic carbocycles. The highest BCUT2D eigenvalue weighted by Gasteiger charge is 2.44. The Morgan fingerprint density at radius 3 is 2.57 bits per heavy atom. The van der Waals surface area contributed by atoms with Gasteiger partial charge in [-0.2, -0.15) is 0 Å². The van der Waals surface area contributed by atoms with E-state index < -0.39 is 0 Å². The van der Waals surface area contributed by atoms with Gasteiger partial charge >= 0.3 is 0 Å². The topological polar surface area (TPSA) is 49.3 Å². The van der Waals surface area contributed by atoms with Gasteiger partial charge < -0.3 is 10.4 Å². The first-order chi connectivity index (χ1) is 14.3. The molecule has 3 rings (SSSR count). The van der Waals surface area contributed by atoms with E-state index in [1.54, 1.807) is 0 Å². The summed E-state index contributed by atoms with van der Waals surface area (Å²) in [4.78, 5) is 12.4. The molecular weight excluding hydrogens is 370 g/mol. The number of aliphatic hydroxyl groups is 1. The van der Waals surface area contributed by atoms with Crippen LogP contribution in [0.25, 0.3) is 0 Å². The summed E-state index contributed by atoms with van der Waals surface area (Å²) in [6, 6.07) is 8.21. The first-order valence-electron chi connectivity index (χ1n) is 11.3. The predicted octanol–water partition coefficient (Wildman–Crippen LogP) is 5.21. The fourth-order valence-corrected chi connectivity index (χ4v) is 5.24. The molecule has 1 aromatic rings. The molecule has 1 saturated carbocycles. The Bertz CT molecular complexity index is 820. The van der Waals surface area contributed by atoms with E-state index in [1.807, 2.05) is 31.2 Å². The van der Waals surface area contributed by atoms with Crippen molar-refractivity contribution in [3.05, 3.63) is 71.3 Å². The zero-order valence-electron chi connectivity index (χ0n) is 19.0. The summed E-state index contributed by atoms with van der Waals surface area (Å²) in [7, 11) is 0. The quantitative estimate of drug-likeness (QED) is 0.400. The van der Waals surface area contributed by atoms with Crippen LogP contribution in [0, 0.1) is 42.4 Å². The molecule has 1 fully saturated rings. The van der Waals surface area contributed by atoms with Gasteiger partial charge in [-0.15, -0.1) is 0 Å². The maximum Gasteiger partial charge on any atom is 0.247 e. The maximum absolute atomic E-state index is 12.4. The monoisotopic (exact) mass is 407 g/mol. The number of amides is 1. The van der Waals surface area contributed by atoms with E-state index in [0.717, 1.165) is 12.0 Å². The van der Waals surface area contributed by atoms with E-state index in [4.69, 9.17) is 0 Å². The Kier molecular flexibility index (Phi) is 7.36. The lowest BCUT2D eigenvalue weighted by Crippen LogP contribution is -2.46. The van der Waals surface area contributed by atoms with Crippen molar-refractivity contribution >= 4 is 5.91 Å². The number of carbonyl (C=O) groups excluding carboxylic acids is 1. The van der Waals surface area contributed by atoms with Gasteiger partial charge in [-0.25, -0.2) is 0 Å². The number of nitrogens with one attached hydrogen (secondary N) is 1. The molecule has 0 bridgehead atoms. The first-order valence-corrected chi connectivity index (χ1v) is 11.3. The van der Waals surface area contributed by atoms with E-state index in [2.05, 4.69) is 63.4 Å². The van der Waals surface area contributed by atoms with Gasteiger partial charge in [0, 0.05) is 12.1 Å². The van der Waals surface area contributed by atoms with Crippen LogP contribution in [-0.4, -0.2) is 17.1 Å². The molecule has 7 atom stereocenters. The lowest BCUT2D eigenvalue weighted by Gasteiger charge is -2.48. The van der Waals surface area contributed by atoms with Gasteiger partial charge in [-0.05, 0) is 61.3 Å². The van der Waals surface area contributed by atoms with Crippen LogP contribution >= 0.6 is 0 Å². The van der Waals surface area contributed by atoms with Crippen molar-refractivity contribution in [3.63, 3.8) is 0 Å². The van der Waals surface area contributed by atoms with Crippen LogP contribution in [0.3, 0.4) is 0 Å². The molecule has 0 radical (unpaired) electrons. The van der Waals surface area contributed by atoms with E-state index >= 15 is 0 Å². The number of aliphatic hydroxyl groups excluding tert-OH is 1. The lowest BCUT2D eigenvalue weighted by atomic mass is 9.58. The second-order valence-corrected chi connectivity index (χ2v) is 9.53. The highest BCUT2D eigenvalue weighted by Crippen LogP contribution is 2.48. The van der Waals surface area contributed by atoms with E-state index in [1.165, 1.54) is 5.56 Å². The van der Waals surface area contributed by atoms with E-state index in [9.17, 15) is 9.90 Å². The predicted molar refractivity (Wildman–Crippen MR) is 124 cm³/mol. The zero-order chi connectivity index (χ0) is 21.8. The minimum absolute atomic E-state index is 0.0371. The number of aryl methyl sites for hydroxylation is 1. The van der Waals surface area contributed by atoms with Crippen molar-refractivity contribution < 1.29 is 9.90 Å². The number of hydrogen-bond donors (Lipinski definition) is 2. The highest BCUT2D eigenvalue weighted by atomic mass is 16.3. The Labute approximate surface area is 182 Å². The smallest absolute Gasteiger partial charge is 0.247 e. The van der Waals surface area contributed by atoms with E-state index in [-0.39, 0.29) is 17.9 Å². The van der Waals surface area contributed by atoms with Crippen LogP contribution in [0.2, 0.25) is 0 Å². The minimum Gasteiger partial charge on any atom is -0.393 e. The molecule has 0 spiro atoms. The molecule has 0 aromatic heterocycles. The number of fused-ring (bicyclic) bond motifs is 1. The first kappa shape index (κ1) is 22.6. The van der Waals surface area contributed by atoms with Crippen molar-refractivity contribution in [1.29, 1.82) is 0 Å². The lowest BCUT2D eigenvalue weighted by molar-refractivity contribution is -0.117. The summed E-state index contributed by atoms with van der Waals surface area (Å²) in [5.74, 6) is 2.41. The summed E-state index contributed by atoms with van der Waals surface area (Å²) in [6.07, 6.45) is 11.7. The summed E-state index contributed by atoms with van der Waals surface area (Å²) >= 11 is 0. The molecular formula is C27H37NO2. The highest BCUT2D eigenvalue weighted by molar-refractivity contribution is 5.93. The molecule has 3 nitrogen and oxygen atoms in total. The van der Waals surface area contributed by atoms with Gasteiger partial charge in [-0.1, -0.05) is 81.0 Å². The van der Waals surface area contributed by atoms with Gasteiger partial charge in [0.15, 0.2) is 0 Å². The Morgan fingerprint density at radius 2 is 1.87 bits per heavy atom. The van der Waals surface area contributed by atoms with Crippen LogP contribution in [0.1, 0.15) is 45.2 Å². The molecule has 0 heterocycles. The van der Waals surface area contributed by atoms with Crippen LogP contribution in [-0.2, 0) is 11.3 Å². The van der Waals surface area contributed by atoms with Gasteiger partial charge in [0.2, 0.25) is 5.91 Å². The fraction of sp³-hybridized carbons (Fsp3) is 0.519. The van der Waals surface area contributed by atoms with Crippen LogP contribution in [0.15, 0.2) is 60.2 Å². The van der Waals surface area contributed by atoms with Crippen molar-refractivity contribution in [2.24, 2.45) is 35.5 Å². The van der Waals surface area contributed by atoms with Gasteiger partial charge in [0.05, 0.1) is 6.10 Å². The minimum atomic E-state index is -0.231. The number of carbonyl (C=O) groups is 1. The Morgan fingerprint density at radius 1 is 1.17 bits per heavy atom. The average Bonchev–Trinajstić information content (AvgIpc) is 2.73. The summed E-state index contributed by atoms with van der Waals surface area (Å²) in [5, 5.41) is 13.6.